The van der Waals surface area contributed by atoms with Gasteiger partial charge in [0, 0.05) is 35.1 Å². The van der Waals surface area contributed by atoms with Gasteiger partial charge < -0.3 is 10.4 Å². The molecule has 0 bridgehead atoms. The molecule has 0 aromatic carbocycles. The molecule has 0 aliphatic heterocycles. The van der Waals surface area contributed by atoms with Crippen LogP contribution in [0.2, 0.25) is 0 Å². The van der Waals surface area contributed by atoms with Gasteiger partial charge in [0.2, 0.25) is 5.91 Å². The van der Waals surface area contributed by atoms with E-state index in [2.05, 4.69) is 28.7 Å². The normalized spacial score (nSPS) is 19.9. The van der Waals surface area contributed by atoms with Gasteiger partial charge in [-0.25, -0.2) is 9.78 Å². The summed E-state index contributed by atoms with van der Waals surface area (Å²) in [4.78, 5) is 28.2. The number of nitrogens with one attached hydrogen (secondary N) is 1. The molecule has 2 aromatic heterocycles. The number of carbonyl (C=O) groups excluding carboxylic acids is 1. The number of thiophene rings is 1. The molecule has 7 heteroatoms. The Bertz CT molecular complexity index is 707. The highest BCUT2D eigenvalue weighted by molar-refractivity contribution is 7.10. The van der Waals surface area contributed by atoms with Crippen molar-refractivity contribution < 1.29 is 14.7 Å². The molecule has 0 spiro atoms. The first-order chi connectivity index (χ1) is 10.6. The number of carbonyl (C=O) groups is 2. The van der Waals surface area contributed by atoms with Crippen molar-refractivity contribution in [2.24, 2.45) is 5.92 Å². The Morgan fingerprint density at radius 3 is 2.91 bits per heavy atom. The van der Waals surface area contributed by atoms with Crippen LogP contribution in [0.1, 0.15) is 38.3 Å². The Hall–Kier alpha value is -1.73. The van der Waals surface area contributed by atoms with Crippen molar-refractivity contribution in [3.05, 3.63) is 38.0 Å². The minimum atomic E-state index is -1.02. The lowest BCUT2D eigenvalue weighted by Gasteiger charge is -2.03. The zero-order valence-corrected chi connectivity index (χ0v) is 13.7. The Morgan fingerprint density at radius 1 is 1.45 bits per heavy atom. The van der Waals surface area contributed by atoms with Gasteiger partial charge >= 0.3 is 5.97 Å². The fourth-order valence-corrected chi connectivity index (χ4v) is 4.37. The van der Waals surface area contributed by atoms with Crippen molar-refractivity contribution in [3.8, 4) is 0 Å². The number of amides is 1. The third-order valence-corrected chi connectivity index (χ3v) is 5.83. The monoisotopic (exact) mass is 336 g/mol. The van der Waals surface area contributed by atoms with E-state index in [9.17, 15) is 9.59 Å². The molecular formula is C15H16N2O3S2. The van der Waals surface area contributed by atoms with Gasteiger partial charge in [0.15, 0.2) is 5.69 Å². The Morgan fingerprint density at radius 2 is 2.27 bits per heavy atom. The van der Waals surface area contributed by atoms with Crippen LogP contribution in [0.25, 0.3) is 0 Å². The second-order valence-electron chi connectivity index (χ2n) is 5.39. The maximum absolute atomic E-state index is 12.1. The zero-order chi connectivity index (χ0) is 15.7. The molecule has 2 N–H and O–H groups in total. The topological polar surface area (TPSA) is 79.3 Å². The average Bonchev–Trinajstić information content (AvgIpc) is 2.91. The Kier molecular flexibility index (Phi) is 4.26. The minimum absolute atomic E-state index is 0.0711. The van der Waals surface area contributed by atoms with Crippen molar-refractivity contribution in [3.63, 3.8) is 0 Å². The first-order valence-corrected chi connectivity index (χ1v) is 8.81. The molecule has 1 aliphatic carbocycles. The maximum Gasteiger partial charge on any atom is 0.355 e. The van der Waals surface area contributed by atoms with Gasteiger partial charge in [-0.15, -0.1) is 22.7 Å². The molecule has 0 saturated heterocycles. The summed E-state index contributed by atoms with van der Waals surface area (Å²) in [7, 11) is 0. The molecule has 2 unspecified atom stereocenters. The predicted octanol–water partition coefficient (Wildman–Crippen LogP) is 2.67. The van der Waals surface area contributed by atoms with Crippen LogP contribution in [-0.4, -0.2) is 28.5 Å². The predicted molar refractivity (Wildman–Crippen MR) is 85.7 cm³/mol. The van der Waals surface area contributed by atoms with Crippen molar-refractivity contribution >= 4 is 34.6 Å². The zero-order valence-electron chi connectivity index (χ0n) is 12.0. The molecule has 5 nitrogen and oxygen atoms in total. The molecule has 1 saturated carbocycles. The number of thiazole rings is 1. The van der Waals surface area contributed by atoms with Crippen LogP contribution in [0.3, 0.4) is 0 Å². The second kappa shape index (κ2) is 6.18. The number of aromatic carboxylic acids is 1. The standard InChI is InChI=1S/C15H16N2O3S2/c1-8-3-5-21-13(8)9-6-10(9)14(18)16-4-2-12-17-11(7-22-12)15(19)20/h3,5,7,9-10H,2,4,6H2,1H3,(H,16,18)(H,19,20). The van der Waals surface area contributed by atoms with Crippen LogP contribution in [-0.2, 0) is 11.2 Å². The molecule has 1 amide bonds. The SMILES string of the molecule is Cc1ccsc1C1CC1C(=O)NCCc1nc(C(=O)O)cs1. The molecule has 0 radical (unpaired) electrons. The number of carboxylic acids is 1. The van der Waals surface area contributed by atoms with Gasteiger partial charge in [-0.2, -0.15) is 0 Å². The van der Waals surface area contributed by atoms with E-state index in [0.717, 1.165) is 11.4 Å². The summed E-state index contributed by atoms with van der Waals surface area (Å²) in [5.41, 5.74) is 1.34. The third kappa shape index (κ3) is 3.20. The van der Waals surface area contributed by atoms with Crippen LogP contribution in [0.4, 0.5) is 0 Å². The highest BCUT2D eigenvalue weighted by atomic mass is 32.1. The highest BCUT2D eigenvalue weighted by Crippen LogP contribution is 2.50. The fraction of sp³-hybridized carbons (Fsp3) is 0.400. The summed E-state index contributed by atoms with van der Waals surface area (Å²) in [6.45, 7) is 2.58. The van der Waals surface area contributed by atoms with Gasteiger partial charge in [0.25, 0.3) is 0 Å². The smallest absolute Gasteiger partial charge is 0.355 e. The van der Waals surface area contributed by atoms with Gasteiger partial charge in [0.05, 0.1) is 5.01 Å². The lowest BCUT2D eigenvalue weighted by Crippen LogP contribution is -2.27. The number of nitrogens with zero attached hydrogens (tertiary/aromatic N) is 1. The molecule has 3 rings (SSSR count). The second-order valence-corrected chi connectivity index (χ2v) is 7.28. The summed E-state index contributed by atoms with van der Waals surface area (Å²) >= 11 is 3.04. The molecule has 22 heavy (non-hydrogen) atoms. The Labute approximate surface area is 136 Å². The molecule has 1 fully saturated rings. The lowest BCUT2D eigenvalue weighted by atomic mass is 10.2. The minimum Gasteiger partial charge on any atom is -0.476 e. The van der Waals surface area contributed by atoms with E-state index < -0.39 is 5.97 Å². The number of hydrogen-bond donors (Lipinski definition) is 2. The third-order valence-electron chi connectivity index (χ3n) is 3.77. The first-order valence-electron chi connectivity index (χ1n) is 7.05. The molecule has 1 aliphatic rings. The number of rotatable bonds is 6. The van der Waals surface area contributed by atoms with Crippen molar-refractivity contribution in [1.29, 1.82) is 0 Å². The molecule has 2 atom stereocenters. The summed E-state index contributed by atoms with van der Waals surface area (Å²) in [5, 5.41) is 16.1. The molecule has 2 aromatic rings. The quantitative estimate of drug-likeness (QED) is 0.850. The largest absolute Gasteiger partial charge is 0.476 e. The Balaban J connectivity index is 1.45. The maximum atomic E-state index is 12.1. The summed E-state index contributed by atoms with van der Waals surface area (Å²) in [6, 6.07) is 2.09. The van der Waals surface area contributed by atoms with E-state index >= 15 is 0 Å². The van der Waals surface area contributed by atoms with Crippen LogP contribution in [0, 0.1) is 12.8 Å². The molecular weight excluding hydrogens is 320 g/mol. The van der Waals surface area contributed by atoms with Gasteiger partial charge in [0.1, 0.15) is 0 Å². The number of carboxylic acid groups (broad SMARTS) is 1. The number of hydrogen-bond acceptors (Lipinski definition) is 5. The van der Waals surface area contributed by atoms with Crippen molar-refractivity contribution in [2.75, 3.05) is 6.54 Å². The van der Waals surface area contributed by atoms with Crippen molar-refractivity contribution in [2.45, 2.75) is 25.7 Å². The average molecular weight is 336 g/mol. The van der Waals surface area contributed by atoms with Crippen LogP contribution >= 0.6 is 22.7 Å². The molecule has 2 heterocycles. The number of aromatic nitrogens is 1. The van der Waals surface area contributed by atoms with E-state index in [-0.39, 0.29) is 17.5 Å². The van der Waals surface area contributed by atoms with Gasteiger partial charge in [-0.1, -0.05) is 0 Å². The summed E-state index contributed by atoms with van der Waals surface area (Å²) in [5.74, 6) is -0.465. The van der Waals surface area contributed by atoms with E-state index in [1.54, 1.807) is 11.3 Å². The highest BCUT2D eigenvalue weighted by Gasteiger charge is 2.45. The lowest BCUT2D eigenvalue weighted by molar-refractivity contribution is -0.122. The van der Waals surface area contributed by atoms with Gasteiger partial charge in [-0.05, 0) is 30.4 Å². The number of aryl methyl sites for hydroxylation is 1. The van der Waals surface area contributed by atoms with Crippen LogP contribution in [0.15, 0.2) is 16.8 Å². The summed E-state index contributed by atoms with van der Waals surface area (Å²) < 4.78 is 0. The van der Waals surface area contributed by atoms with E-state index in [1.807, 2.05) is 0 Å². The first kappa shape index (κ1) is 15.2. The fourth-order valence-electron chi connectivity index (χ4n) is 2.49. The summed E-state index contributed by atoms with van der Waals surface area (Å²) in [6.07, 6.45) is 1.49. The van der Waals surface area contributed by atoms with Crippen molar-refractivity contribution in [1.82, 2.24) is 10.3 Å². The van der Waals surface area contributed by atoms with Crippen LogP contribution < -0.4 is 5.32 Å². The van der Waals surface area contributed by atoms with Gasteiger partial charge in [-0.3, -0.25) is 4.79 Å². The van der Waals surface area contributed by atoms with E-state index in [1.165, 1.54) is 27.2 Å². The van der Waals surface area contributed by atoms with Crippen LogP contribution in [0.5, 0.6) is 0 Å². The van der Waals surface area contributed by atoms with E-state index in [0.29, 0.717) is 18.9 Å². The van der Waals surface area contributed by atoms with E-state index in [4.69, 9.17) is 5.11 Å². The molecule has 116 valence electrons.